The van der Waals surface area contributed by atoms with Crippen LogP contribution in [0.2, 0.25) is 0 Å². The van der Waals surface area contributed by atoms with Crippen molar-refractivity contribution in [3.8, 4) is 11.4 Å². The van der Waals surface area contributed by atoms with E-state index in [-0.39, 0.29) is 11.3 Å². The molecule has 0 atom stereocenters. The van der Waals surface area contributed by atoms with Gasteiger partial charge in [0.2, 0.25) is 0 Å². The highest BCUT2D eigenvalue weighted by molar-refractivity contribution is 6.05. The first kappa shape index (κ1) is 17.8. The Labute approximate surface area is 153 Å². The molecule has 0 saturated carbocycles. The number of amides is 1. The highest BCUT2D eigenvalue weighted by atomic mass is 16.1. The summed E-state index contributed by atoms with van der Waals surface area (Å²) in [7, 11) is 1.86. The van der Waals surface area contributed by atoms with Crippen molar-refractivity contribution in [1.82, 2.24) is 19.7 Å². The molecule has 0 radical (unpaired) electrons. The number of nitrogens with one attached hydrogen (secondary N) is 1. The number of hydrogen-bond donors (Lipinski definition) is 1. The Morgan fingerprint density at radius 1 is 1.19 bits per heavy atom. The summed E-state index contributed by atoms with van der Waals surface area (Å²) in [5.74, 6) is 0.559. The van der Waals surface area contributed by atoms with Gasteiger partial charge < -0.3 is 9.88 Å². The number of rotatable bonds is 4. The number of aromatic nitrogens is 4. The molecule has 0 aliphatic rings. The van der Waals surface area contributed by atoms with Crippen LogP contribution >= 0.6 is 0 Å². The molecule has 6 heteroatoms. The molecule has 1 N–H and O–H groups in total. The number of carbonyl (C=O) groups is 1. The van der Waals surface area contributed by atoms with Crippen molar-refractivity contribution in [3.05, 3.63) is 60.2 Å². The van der Waals surface area contributed by atoms with Crippen LogP contribution in [0.4, 0.5) is 5.69 Å². The van der Waals surface area contributed by atoms with E-state index >= 15 is 0 Å². The van der Waals surface area contributed by atoms with Crippen LogP contribution in [-0.4, -0.2) is 25.7 Å². The second-order valence-electron chi connectivity index (χ2n) is 7.58. The average Bonchev–Trinajstić information content (AvgIpc) is 3.00. The number of carbonyl (C=O) groups excluding carboxylic acids is 1. The van der Waals surface area contributed by atoms with Gasteiger partial charge in [0.05, 0.1) is 11.9 Å². The van der Waals surface area contributed by atoms with E-state index in [9.17, 15) is 4.79 Å². The smallest absolute Gasteiger partial charge is 0.255 e. The lowest BCUT2D eigenvalue weighted by Crippen LogP contribution is -2.17. The first-order chi connectivity index (χ1) is 12.3. The fourth-order valence-electron chi connectivity index (χ4n) is 2.84. The van der Waals surface area contributed by atoms with Crippen LogP contribution in [0.5, 0.6) is 0 Å². The van der Waals surface area contributed by atoms with E-state index in [4.69, 9.17) is 0 Å². The summed E-state index contributed by atoms with van der Waals surface area (Å²) < 4.78 is 1.81. The van der Waals surface area contributed by atoms with Gasteiger partial charge in [-0.15, -0.1) is 10.2 Å². The van der Waals surface area contributed by atoms with Crippen molar-refractivity contribution in [1.29, 1.82) is 0 Å². The maximum Gasteiger partial charge on any atom is 0.255 e. The van der Waals surface area contributed by atoms with Gasteiger partial charge >= 0.3 is 0 Å². The van der Waals surface area contributed by atoms with Crippen LogP contribution in [0.1, 0.15) is 36.7 Å². The summed E-state index contributed by atoms with van der Waals surface area (Å²) in [4.78, 5) is 17.0. The van der Waals surface area contributed by atoms with E-state index in [0.29, 0.717) is 17.1 Å². The monoisotopic (exact) mass is 349 g/mol. The van der Waals surface area contributed by atoms with E-state index in [1.54, 1.807) is 23.3 Å². The van der Waals surface area contributed by atoms with Crippen molar-refractivity contribution in [2.45, 2.75) is 27.2 Å². The molecule has 26 heavy (non-hydrogen) atoms. The summed E-state index contributed by atoms with van der Waals surface area (Å²) in [5.41, 5.74) is 3.25. The minimum atomic E-state index is -0.137. The van der Waals surface area contributed by atoms with Gasteiger partial charge in [-0.25, -0.2) is 0 Å². The van der Waals surface area contributed by atoms with Gasteiger partial charge in [-0.3, -0.25) is 9.78 Å². The van der Waals surface area contributed by atoms with Crippen molar-refractivity contribution in [2.75, 3.05) is 5.32 Å². The molecule has 2 heterocycles. The molecule has 3 aromatic rings. The Hall–Kier alpha value is -3.02. The minimum Gasteiger partial charge on any atom is -0.321 e. The Morgan fingerprint density at radius 2 is 1.96 bits per heavy atom. The first-order valence-corrected chi connectivity index (χ1v) is 8.52. The molecule has 2 aromatic heterocycles. The van der Waals surface area contributed by atoms with Crippen LogP contribution in [0.3, 0.4) is 0 Å². The average molecular weight is 349 g/mol. The van der Waals surface area contributed by atoms with Crippen molar-refractivity contribution >= 4 is 11.6 Å². The molecule has 0 bridgehead atoms. The first-order valence-electron chi connectivity index (χ1n) is 8.52. The molecule has 0 aliphatic heterocycles. The van der Waals surface area contributed by atoms with Crippen molar-refractivity contribution in [2.24, 2.45) is 12.5 Å². The van der Waals surface area contributed by atoms with E-state index in [2.05, 4.69) is 41.3 Å². The molecular formula is C20H23N5O. The lowest BCUT2D eigenvalue weighted by atomic mass is 9.86. The van der Waals surface area contributed by atoms with Crippen LogP contribution in [-0.2, 0) is 13.5 Å². The third-order valence-corrected chi connectivity index (χ3v) is 3.95. The highest BCUT2D eigenvalue weighted by Gasteiger charge is 2.17. The molecule has 0 aliphatic carbocycles. The molecule has 0 spiro atoms. The number of aryl methyl sites for hydroxylation is 1. The number of benzene rings is 1. The maximum absolute atomic E-state index is 12.8. The summed E-state index contributed by atoms with van der Waals surface area (Å²) >= 11 is 0. The molecule has 1 aromatic carbocycles. The lowest BCUT2D eigenvalue weighted by Gasteiger charge is -2.20. The van der Waals surface area contributed by atoms with E-state index in [0.717, 1.165) is 17.5 Å². The van der Waals surface area contributed by atoms with Crippen LogP contribution in [0, 0.1) is 5.41 Å². The van der Waals surface area contributed by atoms with Crippen LogP contribution in [0.15, 0.2) is 49.1 Å². The SMILES string of the molecule is Cn1cnnc1-c1cncc(NC(=O)c2ccccc2CC(C)(C)C)c1. The quantitative estimate of drug-likeness (QED) is 0.779. The highest BCUT2D eigenvalue weighted by Crippen LogP contribution is 2.24. The van der Waals surface area contributed by atoms with E-state index in [1.165, 1.54) is 0 Å². The predicted molar refractivity (Wildman–Crippen MR) is 102 cm³/mol. The third-order valence-electron chi connectivity index (χ3n) is 3.95. The summed E-state index contributed by atoms with van der Waals surface area (Å²) in [6.07, 6.45) is 5.79. The van der Waals surface area contributed by atoms with Gasteiger partial charge in [-0.05, 0) is 29.5 Å². The summed E-state index contributed by atoms with van der Waals surface area (Å²) in [5, 5.41) is 10.9. The summed E-state index contributed by atoms with van der Waals surface area (Å²) in [6.45, 7) is 6.49. The van der Waals surface area contributed by atoms with E-state index < -0.39 is 0 Å². The Bertz CT molecular complexity index is 924. The van der Waals surface area contributed by atoms with Crippen molar-refractivity contribution in [3.63, 3.8) is 0 Å². The van der Waals surface area contributed by atoms with Crippen molar-refractivity contribution < 1.29 is 4.79 Å². The molecular weight excluding hydrogens is 326 g/mol. The number of pyridine rings is 1. The Kier molecular flexibility index (Phi) is 4.84. The van der Waals surface area contributed by atoms with Crippen LogP contribution in [0.25, 0.3) is 11.4 Å². The topological polar surface area (TPSA) is 72.7 Å². The molecule has 3 rings (SSSR count). The number of hydrogen-bond acceptors (Lipinski definition) is 4. The van der Waals surface area contributed by atoms with Gasteiger partial charge in [-0.2, -0.15) is 0 Å². The fourth-order valence-corrected chi connectivity index (χ4v) is 2.84. The van der Waals surface area contributed by atoms with Gasteiger partial charge in [0.15, 0.2) is 5.82 Å². The van der Waals surface area contributed by atoms with Gasteiger partial charge in [0.1, 0.15) is 6.33 Å². The zero-order chi connectivity index (χ0) is 18.7. The molecule has 0 unspecified atom stereocenters. The second kappa shape index (κ2) is 7.07. The van der Waals surface area contributed by atoms with Crippen LogP contribution < -0.4 is 5.32 Å². The van der Waals surface area contributed by atoms with E-state index in [1.807, 2.05) is 37.4 Å². The Balaban J connectivity index is 1.84. The van der Waals surface area contributed by atoms with Gasteiger partial charge in [-0.1, -0.05) is 39.0 Å². The summed E-state index contributed by atoms with van der Waals surface area (Å²) in [6, 6.07) is 9.56. The second-order valence-corrected chi connectivity index (χ2v) is 7.58. The number of anilines is 1. The lowest BCUT2D eigenvalue weighted by molar-refractivity contribution is 0.102. The third kappa shape index (κ3) is 4.14. The zero-order valence-electron chi connectivity index (χ0n) is 15.5. The normalized spacial score (nSPS) is 11.4. The Morgan fingerprint density at radius 3 is 2.65 bits per heavy atom. The largest absolute Gasteiger partial charge is 0.321 e. The molecule has 0 saturated heterocycles. The number of nitrogens with zero attached hydrogens (tertiary/aromatic N) is 4. The molecule has 1 amide bonds. The standard InChI is InChI=1S/C20H23N5O/c1-20(2,3)10-14-7-5-6-8-17(14)19(26)23-16-9-15(11-21-12-16)18-24-22-13-25(18)4/h5-9,11-13H,10H2,1-4H3,(H,23,26). The molecule has 0 fully saturated rings. The molecule has 6 nitrogen and oxygen atoms in total. The fraction of sp³-hybridized carbons (Fsp3) is 0.300. The molecule has 134 valence electrons. The maximum atomic E-state index is 12.8. The zero-order valence-corrected chi connectivity index (χ0v) is 15.5. The predicted octanol–water partition coefficient (Wildman–Crippen LogP) is 3.72. The minimum absolute atomic E-state index is 0.100. The van der Waals surface area contributed by atoms with Gasteiger partial charge in [0, 0.05) is 24.4 Å². The van der Waals surface area contributed by atoms with Gasteiger partial charge in [0.25, 0.3) is 5.91 Å².